The predicted octanol–water partition coefficient (Wildman–Crippen LogP) is 2.38. The van der Waals surface area contributed by atoms with E-state index in [2.05, 4.69) is 23.7 Å². The highest BCUT2D eigenvalue weighted by Gasteiger charge is 2.36. The molecule has 98 valence electrons. The molecule has 0 aliphatic carbocycles. The molecule has 1 saturated heterocycles. The van der Waals surface area contributed by atoms with E-state index in [0.717, 1.165) is 24.5 Å². The summed E-state index contributed by atoms with van der Waals surface area (Å²) in [6.45, 7) is 6.56. The lowest BCUT2D eigenvalue weighted by Gasteiger charge is -2.27. The molecular formula is C14H22N4. The molecule has 0 radical (unpaired) electrons. The number of amidine groups is 1. The molecule has 0 saturated carbocycles. The number of pyridine rings is 1. The molecule has 0 atom stereocenters. The summed E-state index contributed by atoms with van der Waals surface area (Å²) in [7, 11) is 0. The molecule has 1 fully saturated rings. The van der Waals surface area contributed by atoms with Crippen molar-refractivity contribution in [3.8, 4) is 0 Å². The second-order valence-corrected chi connectivity index (χ2v) is 5.17. The van der Waals surface area contributed by atoms with Crippen LogP contribution in [0.15, 0.2) is 18.3 Å². The highest BCUT2D eigenvalue weighted by atomic mass is 15.2. The minimum atomic E-state index is 0.101. The zero-order valence-electron chi connectivity index (χ0n) is 11.2. The van der Waals surface area contributed by atoms with Gasteiger partial charge in [-0.1, -0.05) is 13.8 Å². The van der Waals surface area contributed by atoms with Gasteiger partial charge in [0.05, 0.1) is 5.56 Å². The van der Waals surface area contributed by atoms with E-state index in [-0.39, 0.29) is 5.84 Å². The number of anilines is 1. The number of nitrogens with two attached hydrogens (primary N) is 1. The first-order valence-electron chi connectivity index (χ1n) is 6.66. The summed E-state index contributed by atoms with van der Waals surface area (Å²) in [6, 6.07) is 3.71. The SMILES string of the molecule is CCC1(CC)CCN(c2ncccc2C(=N)N)C1. The average molecular weight is 246 g/mol. The van der Waals surface area contributed by atoms with Crippen molar-refractivity contribution < 1.29 is 0 Å². The van der Waals surface area contributed by atoms with Gasteiger partial charge in [0, 0.05) is 19.3 Å². The van der Waals surface area contributed by atoms with Crippen LogP contribution in [-0.4, -0.2) is 23.9 Å². The molecule has 1 aliphatic heterocycles. The summed E-state index contributed by atoms with van der Waals surface area (Å²) in [5.74, 6) is 0.970. The van der Waals surface area contributed by atoms with Gasteiger partial charge >= 0.3 is 0 Å². The number of aromatic nitrogens is 1. The maximum Gasteiger partial charge on any atom is 0.139 e. The van der Waals surface area contributed by atoms with E-state index in [1.54, 1.807) is 6.20 Å². The van der Waals surface area contributed by atoms with Gasteiger partial charge in [0.2, 0.25) is 0 Å². The van der Waals surface area contributed by atoms with Gasteiger partial charge in [-0.25, -0.2) is 4.98 Å². The molecule has 1 aliphatic rings. The van der Waals surface area contributed by atoms with Gasteiger partial charge in [-0.3, -0.25) is 5.41 Å². The van der Waals surface area contributed by atoms with Gasteiger partial charge in [0.15, 0.2) is 0 Å². The Bertz CT molecular complexity index is 437. The standard InChI is InChI=1S/C14H22N4/c1-3-14(4-2)7-9-18(10-14)13-11(12(15)16)6-5-8-17-13/h5-6,8H,3-4,7,9-10H2,1-2H3,(H3,15,16). The molecule has 18 heavy (non-hydrogen) atoms. The van der Waals surface area contributed by atoms with Crippen molar-refractivity contribution in [3.63, 3.8) is 0 Å². The molecule has 2 rings (SSSR count). The fraction of sp³-hybridized carbons (Fsp3) is 0.571. The second-order valence-electron chi connectivity index (χ2n) is 5.17. The quantitative estimate of drug-likeness (QED) is 0.633. The normalized spacial score (nSPS) is 18.0. The molecule has 1 aromatic heterocycles. The van der Waals surface area contributed by atoms with Crippen LogP contribution in [0.2, 0.25) is 0 Å². The first-order chi connectivity index (χ1) is 8.62. The van der Waals surface area contributed by atoms with Crippen LogP contribution in [0.25, 0.3) is 0 Å². The topological polar surface area (TPSA) is 66.0 Å². The molecule has 0 aromatic carbocycles. The average Bonchev–Trinajstić information content (AvgIpc) is 2.83. The number of nitrogens with one attached hydrogen (secondary N) is 1. The van der Waals surface area contributed by atoms with Gasteiger partial charge in [0.25, 0.3) is 0 Å². The summed E-state index contributed by atoms with van der Waals surface area (Å²) < 4.78 is 0. The summed E-state index contributed by atoms with van der Waals surface area (Å²) >= 11 is 0. The van der Waals surface area contributed by atoms with E-state index in [4.69, 9.17) is 11.1 Å². The highest BCUT2D eigenvalue weighted by Crippen LogP contribution is 2.39. The Morgan fingerprint density at radius 2 is 2.22 bits per heavy atom. The lowest BCUT2D eigenvalue weighted by atomic mass is 9.82. The van der Waals surface area contributed by atoms with Crippen molar-refractivity contribution in [2.45, 2.75) is 33.1 Å². The first kappa shape index (κ1) is 12.9. The second kappa shape index (κ2) is 4.96. The monoisotopic (exact) mass is 246 g/mol. The maximum absolute atomic E-state index is 7.64. The fourth-order valence-corrected chi connectivity index (χ4v) is 2.80. The van der Waals surface area contributed by atoms with Crippen LogP contribution < -0.4 is 10.6 Å². The fourth-order valence-electron chi connectivity index (χ4n) is 2.80. The van der Waals surface area contributed by atoms with E-state index in [0.29, 0.717) is 5.41 Å². The third-order valence-electron chi connectivity index (χ3n) is 4.31. The Labute approximate surface area is 109 Å². The molecule has 0 bridgehead atoms. The highest BCUT2D eigenvalue weighted by molar-refractivity contribution is 5.99. The summed E-state index contributed by atoms with van der Waals surface area (Å²) in [4.78, 5) is 6.70. The van der Waals surface area contributed by atoms with Crippen molar-refractivity contribution in [1.82, 2.24) is 4.98 Å². The van der Waals surface area contributed by atoms with Crippen LogP contribution in [0, 0.1) is 10.8 Å². The van der Waals surface area contributed by atoms with Crippen LogP contribution in [-0.2, 0) is 0 Å². The molecule has 0 amide bonds. The van der Waals surface area contributed by atoms with Crippen molar-refractivity contribution in [3.05, 3.63) is 23.9 Å². The van der Waals surface area contributed by atoms with Crippen molar-refractivity contribution in [2.24, 2.45) is 11.1 Å². The van der Waals surface area contributed by atoms with Crippen molar-refractivity contribution in [2.75, 3.05) is 18.0 Å². The Morgan fingerprint density at radius 3 is 2.78 bits per heavy atom. The number of nitrogens with zero attached hydrogens (tertiary/aromatic N) is 2. The van der Waals surface area contributed by atoms with Crippen molar-refractivity contribution in [1.29, 1.82) is 5.41 Å². The van der Waals surface area contributed by atoms with Gasteiger partial charge in [-0.05, 0) is 36.8 Å². The summed E-state index contributed by atoms with van der Waals surface area (Å²) in [6.07, 6.45) is 5.37. The van der Waals surface area contributed by atoms with Crippen LogP contribution in [0.4, 0.5) is 5.82 Å². The molecule has 2 heterocycles. The van der Waals surface area contributed by atoms with Gasteiger partial charge in [-0.15, -0.1) is 0 Å². The zero-order chi connectivity index (χ0) is 13.2. The van der Waals surface area contributed by atoms with Crippen LogP contribution in [0.5, 0.6) is 0 Å². The first-order valence-corrected chi connectivity index (χ1v) is 6.66. The van der Waals surface area contributed by atoms with E-state index in [1.165, 1.54) is 19.3 Å². The number of hydrogen-bond acceptors (Lipinski definition) is 3. The lowest BCUT2D eigenvalue weighted by Crippen LogP contribution is -2.29. The molecular weight excluding hydrogens is 224 g/mol. The van der Waals surface area contributed by atoms with Crippen LogP contribution in [0.1, 0.15) is 38.7 Å². The lowest BCUT2D eigenvalue weighted by molar-refractivity contribution is 0.301. The Morgan fingerprint density at radius 1 is 1.50 bits per heavy atom. The third-order valence-corrected chi connectivity index (χ3v) is 4.31. The molecule has 1 aromatic rings. The number of rotatable bonds is 4. The third kappa shape index (κ3) is 2.19. The van der Waals surface area contributed by atoms with Gasteiger partial charge in [-0.2, -0.15) is 0 Å². The minimum Gasteiger partial charge on any atom is -0.384 e. The summed E-state index contributed by atoms with van der Waals surface area (Å²) in [5.41, 5.74) is 6.79. The smallest absolute Gasteiger partial charge is 0.139 e. The molecule has 3 N–H and O–H groups in total. The van der Waals surface area contributed by atoms with Gasteiger partial charge in [0.1, 0.15) is 11.7 Å². The molecule has 4 heteroatoms. The van der Waals surface area contributed by atoms with Crippen molar-refractivity contribution >= 4 is 11.7 Å². The van der Waals surface area contributed by atoms with E-state index in [1.807, 2.05) is 12.1 Å². The maximum atomic E-state index is 7.64. The van der Waals surface area contributed by atoms with E-state index in [9.17, 15) is 0 Å². The van der Waals surface area contributed by atoms with Gasteiger partial charge < -0.3 is 10.6 Å². The Hall–Kier alpha value is -1.58. The number of nitrogen functional groups attached to an aromatic ring is 1. The number of hydrogen-bond donors (Lipinski definition) is 2. The largest absolute Gasteiger partial charge is 0.384 e. The molecule has 0 spiro atoms. The Kier molecular flexibility index (Phi) is 3.55. The molecule has 0 unspecified atom stereocenters. The zero-order valence-corrected chi connectivity index (χ0v) is 11.2. The van der Waals surface area contributed by atoms with E-state index >= 15 is 0 Å². The minimum absolute atomic E-state index is 0.101. The van der Waals surface area contributed by atoms with Crippen LogP contribution in [0.3, 0.4) is 0 Å². The van der Waals surface area contributed by atoms with Crippen LogP contribution >= 0.6 is 0 Å². The van der Waals surface area contributed by atoms with E-state index < -0.39 is 0 Å². The predicted molar refractivity (Wildman–Crippen MR) is 75.1 cm³/mol. The summed E-state index contributed by atoms with van der Waals surface area (Å²) in [5, 5.41) is 7.64. The molecule has 4 nitrogen and oxygen atoms in total. The Balaban J connectivity index is 2.27.